The molecule has 8 nitrogen and oxygen atoms in total. The van der Waals surface area contributed by atoms with Crippen molar-refractivity contribution >= 4 is 21.6 Å². The lowest BCUT2D eigenvalue weighted by Crippen LogP contribution is -2.28. The van der Waals surface area contributed by atoms with Crippen LogP contribution in [0.4, 0.5) is 5.69 Å². The second kappa shape index (κ2) is 10.5. The molecule has 0 unspecified atom stereocenters. The number of nitriles is 1. The average Bonchev–Trinajstić information content (AvgIpc) is 2.73. The number of anilines is 1. The van der Waals surface area contributed by atoms with Gasteiger partial charge >= 0.3 is 0 Å². The molecule has 0 aliphatic rings. The summed E-state index contributed by atoms with van der Waals surface area (Å²) < 4.78 is 36.5. The van der Waals surface area contributed by atoms with Crippen LogP contribution in [-0.2, 0) is 14.8 Å². The van der Waals surface area contributed by atoms with E-state index in [1.165, 1.54) is 30.6 Å². The molecule has 0 saturated carbocycles. The second-order valence-electron chi connectivity index (χ2n) is 6.12. The summed E-state index contributed by atoms with van der Waals surface area (Å²) >= 11 is 0. The Balaban J connectivity index is 1.82. The highest BCUT2D eigenvalue weighted by molar-refractivity contribution is 7.89. The van der Waals surface area contributed by atoms with Crippen LogP contribution in [0, 0.1) is 11.3 Å². The van der Waals surface area contributed by atoms with Gasteiger partial charge in [-0.1, -0.05) is 0 Å². The van der Waals surface area contributed by atoms with Crippen LogP contribution in [0.15, 0.2) is 53.4 Å². The predicted molar refractivity (Wildman–Crippen MR) is 108 cm³/mol. The molecule has 2 rings (SSSR count). The second-order valence-corrected chi connectivity index (χ2v) is 8.17. The Morgan fingerprint density at radius 3 is 2.31 bits per heavy atom. The van der Waals surface area contributed by atoms with Gasteiger partial charge in [0.2, 0.25) is 15.9 Å². The van der Waals surface area contributed by atoms with Crippen LogP contribution >= 0.6 is 0 Å². The van der Waals surface area contributed by atoms with Gasteiger partial charge in [0.1, 0.15) is 17.6 Å². The van der Waals surface area contributed by atoms with E-state index in [-0.39, 0.29) is 30.4 Å². The maximum Gasteiger partial charge on any atom is 0.242 e. The zero-order chi connectivity index (χ0) is 21.3. The molecule has 2 aromatic carbocycles. The van der Waals surface area contributed by atoms with Crippen molar-refractivity contribution in [2.24, 2.45) is 0 Å². The fraction of sp³-hybridized carbons (Fsp3) is 0.300. The number of rotatable bonds is 10. The number of benzene rings is 2. The number of nitrogens with zero attached hydrogens (tertiary/aromatic N) is 2. The highest BCUT2D eigenvalue weighted by atomic mass is 32.2. The average molecular weight is 417 g/mol. The minimum Gasteiger partial charge on any atom is -0.497 e. The number of hydrogen-bond donors (Lipinski definition) is 1. The van der Waals surface area contributed by atoms with Gasteiger partial charge in [0.25, 0.3) is 0 Å². The highest BCUT2D eigenvalue weighted by Gasteiger charge is 2.20. The van der Waals surface area contributed by atoms with Gasteiger partial charge < -0.3 is 14.8 Å². The van der Waals surface area contributed by atoms with Crippen LogP contribution in [0.25, 0.3) is 0 Å². The molecule has 0 spiro atoms. The topological polar surface area (TPSA) is 109 Å². The standard InChI is InChI=1S/C20H23N3O5S/c1-23(29(25,26)19-11-9-17(27-2)10-12-19)14-3-4-20(24)22-16-5-7-18(8-6-16)28-15-13-21/h5-12H,3-4,14-15H2,1-2H3,(H,22,24). The van der Waals surface area contributed by atoms with E-state index in [4.69, 9.17) is 14.7 Å². The van der Waals surface area contributed by atoms with Crippen LogP contribution in [0.3, 0.4) is 0 Å². The number of sulfonamides is 1. The van der Waals surface area contributed by atoms with Gasteiger partial charge in [-0.25, -0.2) is 12.7 Å². The Kier molecular flexibility index (Phi) is 8.00. The van der Waals surface area contributed by atoms with Crippen molar-refractivity contribution in [2.45, 2.75) is 17.7 Å². The van der Waals surface area contributed by atoms with E-state index in [9.17, 15) is 13.2 Å². The number of carbonyl (C=O) groups is 1. The van der Waals surface area contributed by atoms with Crippen molar-refractivity contribution in [3.05, 3.63) is 48.5 Å². The summed E-state index contributed by atoms with van der Waals surface area (Å²) in [7, 11) is -0.629. The summed E-state index contributed by atoms with van der Waals surface area (Å²) in [5, 5.41) is 11.2. The number of amides is 1. The summed E-state index contributed by atoms with van der Waals surface area (Å²) in [5.74, 6) is 0.897. The summed E-state index contributed by atoms with van der Waals surface area (Å²) in [5.41, 5.74) is 0.596. The number of carbonyl (C=O) groups excluding carboxylic acids is 1. The van der Waals surface area contributed by atoms with Gasteiger partial charge in [-0.2, -0.15) is 5.26 Å². The van der Waals surface area contributed by atoms with Crippen molar-refractivity contribution < 1.29 is 22.7 Å². The lowest BCUT2D eigenvalue weighted by atomic mass is 10.2. The third kappa shape index (κ3) is 6.48. The van der Waals surface area contributed by atoms with Crippen LogP contribution in [-0.4, -0.2) is 45.9 Å². The molecule has 0 radical (unpaired) electrons. The Bertz CT molecular complexity index is 951. The molecular formula is C20H23N3O5S. The van der Waals surface area contributed by atoms with E-state index >= 15 is 0 Å². The molecule has 2 aromatic rings. The number of methoxy groups -OCH3 is 1. The normalized spacial score (nSPS) is 11.0. The molecule has 1 amide bonds. The van der Waals surface area contributed by atoms with Gasteiger partial charge in [0, 0.05) is 25.7 Å². The van der Waals surface area contributed by atoms with E-state index in [1.807, 2.05) is 6.07 Å². The van der Waals surface area contributed by atoms with Gasteiger partial charge in [-0.15, -0.1) is 0 Å². The molecule has 1 N–H and O–H groups in total. The van der Waals surface area contributed by atoms with E-state index in [0.29, 0.717) is 23.6 Å². The first-order chi connectivity index (χ1) is 13.9. The molecular weight excluding hydrogens is 394 g/mol. The Labute approximate surface area is 170 Å². The zero-order valence-corrected chi connectivity index (χ0v) is 17.1. The Morgan fingerprint density at radius 1 is 1.10 bits per heavy atom. The van der Waals surface area contributed by atoms with Gasteiger partial charge in [0.15, 0.2) is 6.61 Å². The quantitative estimate of drug-likeness (QED) is 0.637. The third-order valence-electron chi connectivity index (χ3n) is 4.09. The van der Waals surface area contributed by atoms with Crippen molar-refractivity contribution in [2.75, 3.05) is 32.6 Å². The molecule has 0 aliphatic heterocycles. The molecule has 0 atom stereocenters. The Morgan fingerprint density at radius 2 is 1.72 bits per heavy atom. The van der Waals surface area contributed by atoms with Crippen LogP contribution in [0.5, 0.6) is 11.5 Å². The fourth-order valence-electron chi connectivity index (χ4n) is 2.48. The molecule has 9 heteroatoms. The maximum absolute atomic E-state index is 12.6. The van der Waals surface area contributed by atoms with Crippen molar-refractivity contribution in [3.63, 3.8) is 0 Å². The molecule has 0 aliphatic carbocycles. The van der Waals surface area contributed by atoms with Crippen molar-refractivity contribution in [1.82, 2.24) is 4.31 Å². The van der Waals surface area contributed by atoms with Crippen molar-refractivity contribution in [3.8, 4) is 17.6 Å². The van der Waals surface area contributed by atoms with Crippen LogP contribution < -0.4 is 14.8 Å². The number of hydrogen-bond acceptors (Lipinski definition) is 6. The molecule has 0 saturated heterocycles. The monoisotopic (exact) mass is 417 g/mol. The SMILES string of the molecule is COc1ccc(S(=O)(=O)N(C)CCCC(=O)Nc2ccc(OCC#N)cc2)cc1. The first-order valence-corrected chi connectivity index (χ1v) is 10.3. The highest BCUT2D eigenvalue weighted by Crippen LogP contribution is 2.19. The summed E-state index contributed by atoms with van der Waals surface area (Å²) in [6.45, 7) is 0.168. The molecule has 0 fully saturated rings. The molecule has 0 aromatic heterocycles. The van der Waals surface area contributed by atoms with E-state index in [1.54, 1.807) is 36.4 Å². The van der Waals surface area contributed by atoms with E-state index in [2.05, 4.69) is 5.32 Å². The maximum atomic E-state index is 12.6. The third-order valence-corrected chi connectivity index (χ3v) is 5.96. The largest absolute Gasteiger partial charge is 0.497 e. The molecule has 0 heterocycles. The smallest absolute Gasteiger partial charge is 0.242 e. The molecule has 0 bridgehead atoms. The van der Waals surface area contributed by atoms with Crippen LogP contribution in [0.1, 0.15) is 12.8 Å². The van der Waals surface area contributed by atoms with Gasteiger partial charge in [-0.05, 0) is 55.0 Å². The summed E-state index contributed by atoms with van der Waals surface area (Å²) in [6, 6.07) is 14.7. The van der Waals surface area contributed by atoms with E-state index in [0.717, 1.165) is 0 Å². The zero-order valence-electron chi connectivity index (χ0n) is 16.3. The van der Waals surface area contributed by atoms with Gasteiger partial charge in [0.05, 0.1) is 12.0 Å². The van der Waals surface area contributed by atoms with E-state index < -0.39 is 10.0 Å². The van der Waals surface area contributed by atoms with Crippen LogP contribution in [0.2, 0.25) is 0 Å². The minimum atomic E-state index is -3.62. The first kappa shape index (κ1) is 22.2. The first-order valence-electron chi connectivity index (χ1n) is 8.87. The lowest BCUT2D eigenvalue weighted by molar-refractivity contribution is -0.116. The predicted octanol–water partition coefficient (Wildman–Crippen LogP) is 2.64. The van der Waals surface area contributed by atoms with Crippen molar-refractivity contribution in [1.29, 1.82) is 5.26 Å². The minimum absolute atomic E-state index is 0.0430. The molecule has 154 valence electrons. The summed E-state index contributed by atoms with van der Waals surface area (Å²) in [6.07, 6.45) is 0.552. The number of nitrogens with one attached hydrogen (secondary N) is 1. The fourth-order valence-corrected chi connectivity index (χ4v) is 3.69. The lowest BCUT2D eigenvalue weighted by Gasteiger charge is -2.17. The Hall–Kier alpha value is -3.09. The summed E-state index contributed by atoms with van der Waals surface area (Å²) in [4.78, 5) is 12.2. The van der Waals surface area contributed by atoms with Gasteiger partial charge in [-0.3, -0.25) is 4.79 Å². The molecule has 29 heavy (non-hydrogen) atoms. The number of ether oxygens (including phenoxy) is 2.